The van der Waals surface area contributed by atoms with Crippen LogP contribution in [-0.2, 0) is 9.59 Å². The Bertz CT molecular complexity index is 214. The van der Waals surface area contributed by atoms with Gasteiger partial charge < -0.3 is 19.8 Å². The van der Waals surface area contributed by atoms with Gasteiger partial charge in [0.25, 0.3) is 0 Å². The molecule has 0 spiro atoms. The number of carbonyl (C=O) groups excluding carboxylic acids is 2. The monoisotopic (exact) mass is 296 g/mol. The first-order valence-electron chi connectivity index (χ1n) is 6.79. The molecule has 0 bridgehead atoms. The zero-order valence-electron chi connectivity index (χ0n) is 13.9. The van der Waals surface area contributed by atoms with E-state index < -0.39 is 18.4 Å². The van der Waals surface area contributed by atoms with Crippen LogP contribution in [0.1, 0.15) is 65.2 Å². The molecule has 0 saturated heterocycles. The molecule has 0 saturated carbocycles. The minimum atomic E-state index is -1.63. The molecule has 0 heterocycles. The van der Waals surface area contributed by atoms with Crippen molar-refractivity contribution in [2.24, 2.45) is 0 Å². The molecule has 0 aromatic rings. The first kappa shape index (κ1) is 29.5. The van der Waals surface area contributed by atoms with Gasteiger partial charge in [0.05, 0.1) is 0 Å². The van der Waals surface area contributed by atoms with Gasteiger partial charge in [-0.25, -0.2) is 0 Å². The maximum absolute atomic E-state index is 9.28. The van der Waals surface area contributed by atoms with Crippen LogP contribution >= 0.6 is 0 Å². The van der Waals surface area contributed by atoms with Crippen LogP contribution in [0.4, 0.5) is 0 Å². The van der Waals surface area contributed by atoms with E-state index in [-0.39, 0.29) is 59.1 Å². The Labute approximate surface area is 176 Å². The van der Waals surface area contributed by atoms with Crippen LogP contribution in [0.25, 0.3) is 0 Å². The summed E-state index contributed by atoms with van der Waals surface area (Å²) in [6.07, 6.45) is 9.01. The maximum Gasteiger partial charge on any atom is 1.00 e. The van der Waals surface area contributed by atoms with E-state index in [1.807, 2.05) is 0 Å². The molecule has 102 valence electrons. The van der Waals surface area contributed by atoms with Crippen LogP contribution in [0.5, 0.6) is 0 Å². The minimum absolute atomic E-state index is 0. The van der Waals surface area contributed by atoms with Crippen molar-refractivity contribution in [3.8, 4) is 0 Å². The SMILES string of the molecule is O=C([O-])CC(=O)[O-].[Li][CH](C)CCCCCCCC.[Na+].[Na+]. The van der Waals surface area contributed by atoms with Gasteiger partial charge in [0.2, 0.25) is 0 Å². The number of carboxylic acids is 2. The summed E-state index contributed by atoms with van der Waals surface area (Å²) in [7, 11) is 0. The standard InChI is InChI=1S/C10H21.C3H4O4.Li.2Na/c1-3-5-7-9-10-8-6-4-2;4-2(5)1-3(6)7;;;/h3H,4-10H2,1-2H3;1H2,(H,4,5)(H,6,7);;;/q;;;2*+1/p-2. The fraction of sp³-hybridized carbons (Fsp3) is 0.846. The molecule has 1 unspecified atom stereocenters. The Kier molecular flexibility index (Phi) is 33.7. The van der Waals surface area contributed by atoms with Gasteiger partial charge in [-0.05, 0) is 0 Å². The van der Waals surface area contributed by atoms with E-state index in [2.05, 4.69) is 31.6 Å². The third-order valence-electron chi connectivity index (χ3n) is 2.42. The van der Waals surface area contributed by atoms with Crippen LogP contribution in [0.2, 0.25) is 4.59 Å². The number of unbranched alkanes of at least 4 members (excludes halogenated alkanes) is 5. The molecule has 0 fully saturated rings. The summed E-state index contributed by atoms with van der Waals surface area (Å²) in [5, 5.41) is 18.6. The Morgan fingerprint density at radius 3 is 1.65 bits per heavy atom. The van der Waals surface area contributed by atoms with E-state index in [4.69, 9.17) is 0 Å². The van der Waals surface area contributed by atoms with Crippen molar-refractivity contribution < 1.29 is 78.9 Å². The molecule has 7 heteroatoms. The van der Waals surface area contributed by atoms with E-state index in [1.54, 1.807) is 0 Å². The molecule has 0 aliphatic rings. The molecule has 0 rings (SSSR count). The van der Waals surface area contributed by atoms with Gasteiger partial charge in [-0.3, -0.25) is 0 Å². The molecule has 0 aromatic heterocycles. The van der Waals surface area contributed by atoms with Crippen molar-refractivity contribution in [3.05, 3.63) is 0 Å². The van der Waals surface area contributed by atoms with Gasteiger partial charge in [-0.2, -0.15) is 0 Å². The van der Waals surface area contributed by atoms with Crippen molar-refractivity contribution in [2.45, 2.75) is 69.8 Å². The largest absolute Gasteiger partial charge is 1.00 e. The molecule has 1 atom stereocenters. The van der Waals surface area contributed by atoms with Crippen molar-refractivity contribution in [1.82, 2.24) is 0 Å². The predicted octanol–water partition coefficient (Wildman–Crippen LogP) is -5.40. The molecule has 0 aliphatic carbocycles. The van der Waals surface area contributed by atoms with Crippen LogP contribution in [-0.4, -0.2) is 29.7 Å². The molecule has 20 heavy (non-hydrogen) atoms. The number of rotatable bonds is 9. The second-order valence-electron chi connectivity index (χ2n) is 4.87. The Morgan fingerprint density at radius 2 is 1.35 bits per heavy atom. The van der Waals surface area contributed by atoms with Gasteiger partial charge in [-0.1, -0.05) is 0 Å². The molecule has 0 aliphatic heterocycles. The average Bonchev–Trinajstić information content (AvgIpc) is 2.21. The van der Waals surface area contributed by atoms with Crippen LogP contribution in [0.15, 0.2) is 0 Å². The van der Waals surface area contributed by atoms with E-state index in [0.717, 1.165) is 4.59 Å². The molecule has 0 amide bonds. The molecule has 0 aromatic carbocycles. The fourth-order valence-corrected chi connectivity index (χ4v) is 1.45. The van der Waals surface area contributed by atoms with Gasteiger partial charge in [0.1, 0.15) is 0 Å². The fourth-order valence-electron chi connectivity index (χ4n) is 1.45. The quantitative estimate of drug-likeness (QED) is 0.242. The number of hydrogen-bond acceptors (Lipinski definition) is 4. The number of carbonyl (C=O) groups is 2. The number of carboxylic acid groups (broad SMARTS) is 2. The Balaban J connectivity index is -0.000000126. The summed E-state index contributed by atoms with van der Waals surface area (Å²) in [6.45, 7) is 4.58. The predicted molar refractivity (Wildman–Crippen MR) is 67.8 cm³/mol. The summed E-state index contributed by atoms with van der Waals surface area (Å²) in [4.78, 5) is 18.6. The summed E-state index contributed by atoms with van der Waals surface area (Å²) in [5.74, 6) is -3.25. The van der Waals surface area contributed by atoms with Crippen LogP contribution in [0, 0.1) is 0 Å². The third-order valence-corrected chi connectivity index (χ3v) is 2.42. The summed E-state index contributed by atoms with van der Waals surface area (Å²) in [6, 6.07) is 0. The molecule has 0 radical (unpaired) electrons. The molecule has 0 N–H and O–H groups in total. The molecular weight excluding hydrogens is 273 g/mol. The Morgan fingerprint density at radius 1 is 0.950 bits per heavy atom. The normalized spacial score (nSPS) is 10.2. The van der Waals surface area contributed by atoms with Gasteiger partial charge in [0.15, 0.2) is 0 Å². The Hall–Kier alpha value is 1.54. The minimum Gasteiger partial charge on any atom is 1.00 e. The summed E-state index contributed by atoms with van der Waals surface area (Å²) in [5.41, 5.74) is 0. The maximum atomic E-state index is 9.28. The van der Waals surface area contributed by atoms with Crippen molar-refractivity contribution in [3.63, 3.8) is 0 Å². The second kappa shape index (κ2) is 22.8. The van der Waals surface area contributed by atoms with Gasteiger partial charge >= 0.3 is 140 Å². The first-order chi connectivity index (χ1) is 8.40. The number of hydrogen-bond donors (Lipinski definition) is 0. The molecular formula is C13H23LiNa2O4. The van der Waals surface area contributed by atoms with Gasteiger partial charge in [-0.15, -0.1) is 0 Å². The average molecular weight is 296 g/mol. The zero-order chi connectivity index (χ0) is 14.4. The van der Waals surface area contributed by atoms with Gasteiger partial charge in [0, 0.05) is 18.4 Å². The summed E-state index contributed by atoms with van der Waals surface area (Å²) < 4.78 is 0.904. The van der Waals surface area contributed by atoms with E-state index >= 15 is 0 Å². The topological polar surface area (TPSA) is 80.3 Å². The van der Waals surface area contributed by atoms with Crippen LogP contribution in [0.3, 0.4) is 0 Å². The van der Waals surface area contributed by atoms with Crippen molar-refractivity contribution >= 4 is 29.7 Å². The van der Waals surface area contributed by atoms with Crippen LogP contribution < -0.4 is 69.3 Å². The smallest absolute Gasteiger partial charge is 1.00 e. The number of aliphatic carboxylic acids is 2. The van der Waals surface area contributed by atoms with Crippen molar-refractivity contribution in [1.29, 1.82) is 0 Å². The third kappa shape index (κ3) is 36.6. The zero-order valence-corrected chi connectivity index (χ0v) is 17.9. The van der Waals surface area contributed by atoms with Crippen molar-refractivity contribution in [2.75, 3.05) is 0 Å². The van der Waals surface area contributed by atoms with E-state index in [0.29, 0.717) is 0 Å². The van der Waals surface area contributed by atoms with E-state index in [1.165, 1.54) is 44.9 Å². The second-order valence-corrected chi connectivity index (χ2v) is 4.87. The summed E-state index contributed by atoms with van der Waals surface area (Å²) >= 11 is 2.31. The first-order valence-corrected chi connectivity index (χ1v) is 6.79. The molecule has 4 nitrogen and oxygen atoms in total. The van der Waals surface area contributed by atoms with E-state index in [9.17, 15) is 19.8 Å².